The molecule has 0 saturated carbocycles. The van der Waals surface area contributed by atoms with Gasteiger partial charge in [-0.1, -0.05) is 38.1 Å². The van der Waals surface area contributed by atoms with Crippen molar-refractivity contribution >= 4 is 29.9 Å². The minimum absolute atomic E-state index is 0. The van der Waals surface area contributed by atoms with E-state index in [2.05, 4.69) is 84.4 Å². The summed E-state index contributed by atoms with van der Waals surface area (Å²) in [6.45, 7) is 15.4. The van der Waals surface area contributed by atoms with E-state index in [4.69, 9.17) is 4.74 Å². The van der Waals surface area contributed by atoms with Gasteiger partial charge in [-0.3, -0.25) is 14.8 Å². The number of benzene rings is 1. The molecule has 1 unspecified atom stereocenters. The molecule has 6 nitrogen and oxygen atoms in total. The van der Waals surface area contributed by atoms with E-state index in [1.165, 1.54) is 11.1 Å². The van der Waals surface area contributed by atoms with Crippen molar-refractivity contribution in [3.05, 3.63) is 35.4 Å². The average molecular weight is 532 g/mol. The Morgan fingerprint density at radius 2 is 1.90 bits per heavy atom. The summed E-state index contributed by atoms with van der Waals surface area (Å²) in [5.74, 6) is 1.51. The summed E-state index contributed by atoms with van der Waals surface area (Å²) in [6.07, 6.45) is 0.202. The first-order valence-electron chi connectivity index (χ1n) is 10.9. The van der Waals surface area contributed by atoms with Crippen LogP contribution in [0.2, 0.25) is 0 Å². The van der Waals surface area contributed by atoms with Crippen molar-refractivity contribution in [1.29, 1.82) is 0 Å². The van der Waals surface area contributed by atoms with Gasteiger partial charge in [0.25, 0.3) is 0 Å². The van der Waals surface area contributed by atoms with E-state index < -0.39 is 0 Å². The molecule has 1 heterocycles. The highest BCUT2D eigenvalue weighted by Crippen LogP contribution is 2.12. The highest BCUT2D eigenvalue weighted by Gasteiger charge is 2.21. The van der Waals surface area contributed by atoms with Gasteiger partial charge in [-0.05, 0) is 37.9 Å². The number of hydrogen-bond acceptors (Lipinski definition) is 4. The molecular formula is C23H42IN5O. The van der Waals surface area contributed by atoms with Crippen molar-refractivity contribution in [3.63, 3.8) is 0 Å². The third-order valence-electron chi connectivity index (χ3n) is 5.43. The smallest absolute Gasteiger partial charge is 0.191 e. The maximum absolute atomic E-state index is 5.94. The van der Waals surface area contributed by atoms with Gasteiger partial charge < -0.3 is 15.4 Å². The molecular weight excluding hydrogens is 489 g/mol. The number of guanidine groups is 1. The molecule has 0 spiro atoms. The lowest BCUT2D eigenvalue weighted by Gasteiger charge is -2.34. The van der Waals surface area contributed by atoms with Crippen LogP contribution in [0.25, 0.3) is 0 Å². The van der Waals surface area contributed by atoms with E-state index in [-0.39, 0.29) is 30.1 Å². The summed E-state index contributed by atoms with van der Waals surface area (Å²) in [4.78, 5) is 9.24. The second kappa shape index (κ2) is 14.2. The molecule has 1 atom stereocenters. The van der Waals surface area contributed by atoms with Crippen LogP contribution in [-0.4, -0.2) is 74.8 Å². The van der Waals surface area contributed by atoms with Crippen LogP contribution in [-0.2, 0) is 17.8 Å². The van der Waals surface area contributed by atoms with Gasteiger partial charge in [0.1, 0.15) is 0 Å². The molecule has 1 aliphatic rings. The maximum Gasteiger partial charge on any atom is 0.191 e. The number of nitrogens with one attached hydrogen (secondary N) is 2. The second-order valence-corrected chi connectivity index (χ2v) is 8.73. The zero-order valence-corrected chi connectivity index (χ0v) is 22.0. The van der Waals surface area contributed by atoms with Gasteiger partial charge in [0, 0.05) is 52.4 Å². The molecule has 0 aromatic heterocycles. The predicted molar refractivity (Wildman–Crippen MR) is 138 cm³/mol. The largest absolute Gasteiger partial charge is 0.374 e. The zero-order valence-electron chi connectivity index (χ0n) is 19.6. The highest BCUT2D eigenvalue weighted by molar-refractivity contribution is 14.0. The molecule has 1 aromatic rings. The molecule has 1 saturated heterocycles. The molecule has 7 heteroatoms. The van der Waals surface area contributed by atoms with Crippen molar-refractivity contribution in [1.82, 2.24) is 20.4 Å². The van der Waals surface area contributed by atoms with E-state index >= 15 is 0 Å². The van der Waals surface area contributed by atoms with Gasteiger partial charge in [-0.2, -0.15) is 0 Å². The monoisotopic (exact) mass is 531 g/mol. The van der Waals surface area contributed by atoms with E-state index in [9.17, 15) is 0 Å². The van der Waals surface area contributed by atoms with Crippen LogP contribution in [0.15, 0.2) is 29.3 Å². The first-order chi connectivity index (χ1) is 13.9. The van der Waals surface area contributed by atoms with Crippen LogP contribution in [0.4, 0.5) is 0 Å². The molecule has 0 amide bonds. The van der Waals surface area contributed by atoms with Gasteiger partial charge in [-0.15, -0.1) is 24.0 Å². The molecule has 0 bridgehead atoms. The first-order valence-corrected chi connectivity index (χ1v) is 10.9. The number of aliphatic imine (C=N–C) groups is 1. The molecule has 2 N–H and O–H groups in total. The lowest BCUT2D eigenvalue weighted by atomic mass is 10.1. The number of hydrogen-bond donors (Lipinski definition) is 2. The van der Waals surface area contributed by atoms with Crippen molar-refractivity contribution in [2.45, 2.75) is 52.9 Å². The average Bonchev–Trinajstić information content (AvgIpc) is 2.69. The Hall–Kier alpha value is -0.900. The Balaban J connectivity index is 0.00000450. The molecule has 0 aliphatic carbocycles. The Kier molecular flexibility index (Phi) is 12.9. The van der Waals surface area contributed by atoms with Crippen LogP contribution in [0, 0.1) is 5.92 Å². The third kappa shape index (κ3) is 9.49. The lowest BCUT2D eigenvalue weighted by Crippen LogP contribution is -2.50. The second-order valence-electron chi connectivity index (χ2n) is 8.73. The minimum atomic E-state index is 0. The van der Waals surface area contributed by atoms with Gasteiger partial charge in [-0.25, -0.2) is 0 Å². The van der Waals surface area contributed by atoms with Crippen molar-refractivity contribution in [2.75, 3.05) is 46.9 Å². The standard InChI is InChI=1S/C23H41N5O.HI/c1-18(2)15-28-11-12-29-22(17-28)14-26-23(24-5)25-13-20-9-7-8-10-21(20)16-27(6)19(3)4;/h7-10,18-19,22H,11-17H2,1-6H3,(H2,24,25,26);1H. The van der Waals surface area contributed by atoms with Crippen LogP contribution in [0.1, 0.15) is 38.8 Å². The summed E-state index contributed by atoms with van der Waals surface area (Å²) in [6, 6.07) is 9.15. The number of morpholine rings is 1. The van der Waals surface area contributed by atoms with Crippen molar-refractivity contribution in [2.24, 2.45) is 10.9 Å². The van der Waals surface area contributed by atoms with Gasteiger partial charge in [0.2, 0.25) is 0 Å². The first kappa shape index (κ1) is 27.1. The van der Waals surface area contributed by atoms with E-state index in [0.717, 1.165) is 51.8 Å². The fourth-order valence-electron chi connectivity index (χ4n) is 3.53. The summed E-state index contributed by atoms with van der Waals surface area (Å²) in [7, 11) is 3.99. The van der Waals surface area contributed by atoms with Crippen LogP contribution >= 0.6 is 24.0 Å². The summed E-state index contributed by atoms with van der Waals surface area (Å²) in [5.41, 5.74) is 2.66. The summed E-state index contributed by atoms with van der Waals surface area (Å²) in [5, 5.41) is 6.90. The van der Waals surface area contributed by atoms with Gasteiger partial charge >= 0.3 is 0 Å². The van der Waals surface area contributed by atoms with Crippen LogP contribution in [0.3, 0.4) is 0 Å². The van der Waals surface area contributed by atoms with E-state index in [1.54, 1.807) is 0 Å². The lowest BCUT2D eigenvalue weighted by molar-refractivity contribution is -0.0284. The fraction of sp³-hybridized carbons (Fsp3) is 0.696. The molecule has 1 aliphatic heterocycles. The third-order valence-corrected chi connectivity index (χ3v) is 5.43. The van der Waals surface area contributed by atoms with Crippen molar-refractivity contribution in [3.8, 4) is 0 Å². The van der Waals surface area contributed by atoms with Gasteiger partial charge in [0.05, 0.1) is 12.7 Å². The van der Waals surface area contributed by atoms with Crippen LogP contribution in [0.5, 0.6) is 0 Å². The molecule has 2 rings (SSSR count). The SMILES string of the molecule is CN=C(NCc1ccccc1CN(C)C(C)C)NCC1CN(CC(C)C)CCO1.I. The molecule has 1 fully saturated rings. The quantitative estimate of drug-likeness (QED) is 0.292. The minimum Gasteiger partial charge on any atom is -0.374 e. The molecule has 1 aromatic carbocycles. The van der Waals surface area contributed by atoms with Gasteiger partial charge in [0.15, 0.2) is 5.96 Å². The molecule has 30 heavy (non-hydrogen) atoms. The van der Waals surface area contributed by atoms with E-state index in [1.807, 2.05) is 7.05 Å². The number of rotatable bonds is 9. The fourth-order valence-corrected chi connectivity index (χ4v) is 3.53. The number of halogens is 1. The number of nitrogens with zero attached hydrogens (tertiary/aromatic N) is 3. The summed E-state index contributed by atoms with van der Waals surface area (Å²) >= 11 is 0. The zero-order chi connectivity index (χ0) is 21.2. The Labute approximate surface area is 200 Å². The summed E-state index contributed by atoms with van der Waals surface area (Å²) < 4.78 is 5.94. The van der Waals surface area contributed by atoms with Crippen LogP contribution < -0.4 is 10.6 Å². The Morgan fingerprint density at radius 1 is 1.20 bits per heavy atom. The normalized spacial score (nSPS) is 18.0. The van der Waals surface area contributed by atoms with E-state index in [0.29, 0.717) is 12.0 Å². The Bertz CT molecular complexity index is 638. The molecule has 0 radical (unpaired) electrons. The predicted octanol–water partition coefficient (Wildman–Crippen LogP) is 3.17. The maximum atomic E-state index is 5.94. The highest BCUT2D eigenvalue weighted by atomic mass is 127. The Morgan fingerprint density at radius 3 is 2.53 bits per heavy atom. The molecule has 172 valence electrons. The number of ether oxygens (including phenoxy) is 1. The van der Waals surface area contributed by atoms with Crippen molar-refractivity contribution < 1.29 is 4.74 Å². The topological polar surface area (TPSA) is 52.1 Å².